The monoisotopic (exact) mass is 245 g/mol. The average Bonchev–Trinajstić information content (AvgIpc) is 2.26. The molecule has 1 rings (SSSR count). The maximum Gasteiger partial charge on any atom is 0.278 e. The summed E-state index contributed by atoms with van der Waals surface area (Å²) in [4.78, 5) is 10.8. The van der Waals surface area contributed by atoms with E-state index >= 15 is 0 Å². The van der Waals surface area contributed by atoms with Crippen molar-refractivity contribution in [1.82, 2.24) is 5.32 Å². The number of thioether (sulfide) groups is 1. The molecule has 1 aromatic carbocycles. The maximum atomic E-state index is 10.8. The molecule has 0 heterocycles. The van der Waals surface area contributed by atoms with Crippen molar-refractivity contribution in [3.63, 3.8) is 0 Å². The lowest BCUT2D eigenvalue weighted by Crippen LogP contribution is -2.24. The second-order valence-corrected chi connectivity index (χ2v) is 3.94. The number of hydrogen-bond acceptors (Lipinski definition) is 3. The Bertz CT molecular complexity index is 316. The molecule has 1 aromatic rings. The lowest BCUT2D eigenvalue weighted by molar-refractivity contribution is 0.256. The minimum absolute atomic E-state index is 0.0466. The number of nitrogens with one attached hydrogen (secondary N) is 1. The van der Waals surface area contributed by atoms with Crippen LogP contribution in [0.1, 0.15) is 0 Å². The van der Waals surface area contributed by atoms with Gasteiger partial charge in [-0.2, -0.15) is 0 Å². The van der Waals surface area contributed by atoms with Crippen LogP contribution in [0.25, 0.3) is 0 Å². The van der Waals surface area contributed by atoms with Crippen molar-refractivity contribution >= 4 is 28.6 Å². The van der Waals surface area contributed by atoms with E-state index < -0.39 is 0 Å². The van der Waals surface area contributed by atoms with Crippen molar-refractivity contribution in [2.75, 3.05) is 19.4 Å². The van der Waals surface area contributed by atoms with Crippen molar-refractivity contribution in [2.45, 2.75) is 0 Å². The predicted molar refractivity (Wildman–Crippen MR) is 63.9 cm³/mol. The molecule has 0 saturated carbocycles. The van der Waals surface area contributed by atoms with E-state index in [2.05, 4.69) is 5.32 Å². The van der Waals surface area contributed by atoms with Crippen LogP contribution < -0.4 is 10.1 Å². The van der Waals surface area contributed by atoms with Gasteiger partial charge in [-0.25, -0.2) is 0 Å². The summed E-state index contributed by atoms with van der Waals surface area (Å²) in [6.07, 6.45) is 1.73. The minimum atomic E-state index is -0.0466. The Morgan fingerprint density at radius 3 is 2.73 bits per heavy atom. The van der Waals surface area contributed by atoms with E-state index in [0.29, 0.717) is 18.2 Å². The summed E-state index contributed by atoms with van der Waals surface area (Å²) in [5.41, 5.74) is 0. The van der Waals surface area contributed by atoms with Gasteiger partial charge in [-0.1, -0.05) is 23.4 Å². The molecule has 5 heteroatoms. The summed E-state index contributed by atoms with van der Waals surface area (Å²) in [5.74, 6) is 0.748. The number of rotatable bonds is 4. The van der Waals surface area contributed by atoms with Gasteiger partial charge in [-0.05, 0) is 30.5 Å². The zero-order valence-corrected chi connectivity index (χ0v) is 9.90. The van der Waals surface area contributed by atoms with Crippen LogP contribution in [-0.4, -0.2) is 24.6 Å². The highest BCUT2D eigenvalue weighted by atomic mass is 35.5. The van der Waals surface area contributed by atoms with E-state index in [9.17, 15) is 4.79 Å². The first-order valence-electron chi connectivity index (χ1n) is 4.42. The average molecular weight is 246 g/mol. The van der Waals surface area contributed by atoms with Gasteiger partial charge >= 0.3 is 0 Å². The van der Waals surface area contributed by atoms with E-state index in [1.165, 1.54) is 0 Å². The molecule has 0 saturated heterocycles. The smallest absolute Gasteiger partial charge is 0.278 e. The number of ether oxygens (including phenoxy) is 1. The molecule has 0 fully saturated rings. The fourth-order valence-corrected chi connectivity index (χ4v) is 1.30. The van der Waals surface area contributed by atoms with Gasteiger partial charge in [0.15, 0.2) is 0 Å². The van der Waals surface area contributed by atoms with Gasteiger partial charge < -0.3 is 10.1 Å². The Labute approximate surface area is 98.1 Å². The van der Waals surface area contributed by atoms with Crippen LogP contribution in [0.3, 0.4) is 0 Å². The number of carbonyl (C=O) groups is 1. The summed E-state index contributed by atoms with van der Waals surface area (Å²) < 4.78 is 5.37. The van der Waals surface area contributed by atoms with Gasteiger partial charge in [0.2, 0.25) is 0 Å². The topological polar surface area (TPSA) is 38.3 Å². The molecule has 0 unspecified atom stereocenters. The van der Waals surface area contributed by atoms with Crippen molar-refractivity contribution in [3.05, 3.63) is 29.3 Å². The lowest BCUT2D eigenvalue weighted by atomic mass is 10.3. The molecular weight excluding hydrogens is 234 g/mol. The van der Waals surface area contributed by atoms with E-state index in [0.717, 1.165) is 17.5 Å². The second-order valence-electron chi connectivity index (χ2n) is 2.72. The fourth-order valence-electron chi connectivity index (χ4n) is 0.925. The third-order valence-electron chi connectivity index (χ3n) is 1.64. The predicted octanol–water partition coefficient (Wildman–Crippen LogP) is 2.79. The van der Waals surface area contributed by atoms with E-state index in [1.807, 2.05) is 0 Å². The summed E-state index contributed by atoms with van der Waals surface area (Å²) in [7, 11) is 0. The third kappa shape index (κ3) is 4.95. The molecule has 82 valence electrons. The minimum Gasteiger partial charge on any atom is -0.492 e. The number of hydrogen-bond donors (Lipinski definition) is 1. The van der Waals surface area contributed by atoms with Gasteiger partial charge in [0.1, 0.15) is 12.4 Å². The van der Waals surface area contributed by atoms with Gasteiger partial charge in [-0.3, -0.25) is 4.79 Å². The molecule has 0 aromatic heterocycles. The third-order valence-corrected chi connectivity index (χ3v) is 2.41. The summed E-state index contributed by atoms with van der Waals surface area (Å²) in [6, 6.07) is 7.10. The highest BCUT2D eigenvalue weighted by Crippen LogP contribution is 2.15. The van der Waals surface area contributed by atoms with E-state index in [-0.39, 0.29) is 5.24 Å². The zero-order valence-electron chi connectivity index (χ0n) is 8.33. The van der Waals surface area contributed by atoms with Gasteiger partial charge in [0.25, 0.3) is 5.24 Å². The van der Waals surface area contributed by atoms with Crippen molar-refractivity contribution < 1.29 is 9.53 Å². The highest BCUT2D eigenvalue weighted by Gasteiger charge is 1.97. The summed E-state index contributed by atoms with van der Waals surface area (Å²) in [5, 5.41) is 3.32. The summed E-state index contributed by atoms with van der Waals surface area (Å²) in [6.45, 7) is 0.955. The van der Waals surface area contributed by atoms with Gasteiger partial charge in [-0.15, -0.1) is 0 Å². The van der Waals surface area contributed by atoms with Crippen LogP contribution in [0.4, 0.5) is 4.79 Å². The molecule has 1 N–H and O–H groups in total. The first-order chi connectivity index (χ1) is 7.22. The van der Waals surface area contributed by atoms with Crippen LogP contribution in [0.5, 0.6) is 5.75 Å². The molecule has 0 radical (unpaired) electrons. The molecule has 1 amide bonds. The second kappa shape index (κ2) is 6.58. The molecule has 0 aliphatic carbocycles. The maximum absolute atomic E-state index is 10.8. The van der Waals surface area contributed by atoms with Crippen molar-refractivity contribution in [3.8, 4) is 5.75 Å². The first kappa shape index (κ1) is 12.2. The quantitative estimate of drug-likeness (QED) is 0.829. The first-order valence-corrected chi connectivity index (χ1v) is 6.03. The highest BCUT2D eigenvalue weighted by molar-refractivity contribution is 8.12. The number of amides is 1. The molecule has 0 aliphatic heterocycles. The van der Waals surface area contributed by atoms with Gasteiger partial charge in [0.05, 0.1) is 6.54 Å². The van der Waals surface area contributed by atoms with Crippen LogP contribution in [0, 0.1) is 0 Å². The van der Waals surface area contributed by atoms with Crippen molar-refractivity contribution in [2.24, 2.45) is 0 Å². The SMILES string of the molecule is CSC(=O)NCCOc1ccc(Cl)cc1. The van der Waals surface area contributed by atoms with E-state index in [4.69, 9.17) is 16.3 Å². The molecule has 0 bridgehead atoms. The Morgan fingerprint density at radius 1 is 1.47 bits per heavy atom. The number of benzene rings is 1. The Hall–Kier alpha value is -0.870. The number of halogens is 1. The van der Waals surface area contributed by atoms with Crippen LogP contribution in [-0.2, 0) is 0 Å². The molecule has 3 nitrogen and oxygen atoms in total. The molecule has 15 heavy (non-hydrogen) atoms. The number of carbonyl (C=O) groups excluding carboxylic acids is 1. The Morgan fingerprint density at radius 2 is 2.13 bits per heavy atom. The normalized spacial score (nSPS) is 9.73. The summed E-state index contributed by atoms with van der Waals surface area (Å²) >= 11 is 6.87. The largest absolute Gasteiger partial charge is 0.492 e. The van der Waals surface area contributed by atoms with Crippen molar-refractivity contribution in [1.29, 1.82) is 0 Å². The molecule has 0 spiro atoms. The van der Waals surface area contributed by atoms with Crippen LogP contribution >= 0.6 is 23.4 Å². The van der Waals surface area contributed by atoms with Crippen LogP contribution in [0.15, 0.2) is 24.3 Å². The Balaban J connectivity index is 2.20. The zero-order chi connectivity index (χ0) is 11.1. The molecule has 0 aliphatic rings. The standard InChI is InChI=1S/C10H12ClNO2S/c1-15-10(13)12-6-7-14-9-4-2-8(11)3-5-9/h2-5H,6-7H2,1H3,(H,12,13). The van der Waals surface area contributed by atoms with E-state index in [1.54, 1.807) is 30.5 Å². The van der Waals surface area contributed by atoms with Crippen LogP contribution in [0.2, 0.25) is 5.02 Å². The molecular formula is C10H12ClNO2S. The van der Waals surface area contributed by atoms with Gasteiger partial charge in [0, 0.05) is 5.02 Å². The fraction of sp³-hybridized carbons (Fsp3) is 0.300. The lowest BCUT2D eigenvalue weighted by Gasteiger charge is -2.06. The Kier molecular flexibility index (Phi) is 5.36. The molecule has 0 atom stereocenters.